The standard InChI is InChI=1S/C9H9N3OS/c10-4-7(6-13)3-8-5-12-1-2-14-9(12)11-8/h1-2,5,7,13H,3,6H2. The van der Waals surface area contributed by atoms with E-state index in [-0.39, 0.29) is 12.5 Å². The Morgan fingerprint density at radius 3 is 3.21 bits per heavy atom. The third-order valence-electron chi connectivity index (χ3n) is 2.00. The number of aliphatic hydroxyl groups is 1. The van der Waals surface area contributed by atoms with E-state index in [1.807, 2.05) is 28.2 Å². The second kappa shape index (κ2) is 3.78. The lowest BCUT2D eigenvalue weighted by Gasteiger charge is -2.00. The van der Waals surface area contributed by atoms with Gasteiger partial charge in [0.25, 0.3) is 0 Å². The van der Waals surface area contributed by atoms with E-state index in [0.29, 0.717) is 6.42 Å². The number of fused-ring (bicyclic) bond motifs is 1. The quantitative estimate of drug-likeness (QED) is 0.819. The number of hydrogen-bond acceptors (Lipinski definition) is 4. The molecule has 1 unspecified atom stereocenters. The third-order valence-corrected chi connectivity index (χ3v) is 2.77. The van der Waals surface area contributed by atoms with Crippen LogP contribution in [0.5, 0.6) is 0 Å². The van der Waals surface area contributed by atoms with Crippen LogP contribution in [0.1, 0.15) is 5.69 Å². The average molecular weight is 207 g/mol. The highest BCUT2D eigenvalue weighted by atomic mass is 32.1. The summed E-state index contributed by atoms with van der Waals surface area (Å²) in [4.78, 5) is 5.25. The molecule has 0 aliphatic carbocycles. The molecule has 1 atom stereocenters. The maximum atomic E-state index is 8.86. The van der Waals surface area contributed by atoms with Crippen LogP contribution >= 0.6 is 11.3 Å². The van der Waals surface area contributed by atoms with Crippen LogP contribution in [0.3, 0.4) is 0 Å². The van der Waals surface area contributed by atoms with Crippen LogP contribution in [0, 0.1) is 17.2 Å². The molecule has 0 aliphatic rings. The van der Waals surface area contributed by atoms with Crippen molar-refractivity contribution in [3.05, 3.63) is 23.5 Å². The van der Waals surface area contributed by atoms with Crippen LogP contribution in [0.15, 0.2) is 17.8 Å². The molecule has 2 aromatic rings. The number of nitrogens with zero attached hydrogens (tertiary/aromatic N) is 3. The van der Waals surface area contributed by atoms with Gasteiger partial charge in [0.2, 0.25) is 0 Å². The molecule has 2 heterocycles. The Labute approximate surface area is 85.1 Å². The lowest BCUT2D eigenvalue weighted by molar-refractivity contribution is 0.255. The topological polar surface area (TPSA) is 61.3 Å². The van der Waals surface area contributed by atoms with E-state index in [4.69, 9.17) is 10.4 Å². The maximum Gasteiger partial charge on any atom is 0.193 e. The predicted molar refractivity (Wildman–Crippen MR) is 53.0 cm³/mol. The van der Waals surface area contributed by atoms with E-state index in [2.05, 4.69) is 4.98 Å². The van der Waals surface area contributed by atoms with Crippen LogP contribution in [0.4, 0.5) is 0 Å². The van der Waals surface area contributed by atoms with Gasteiger partial charge < -0.3 is 5.11 Å². The normalized spacial score (nSPS) is 12.9. The summed E-state index contributed by atoms with van der Waals surface area (Å²) in [6.45, 7) is -0.109. The van der Waals surface area contributed by atoms with Crippen molar-refractivity contribution in [3.63, 3.8) is 0 Å². The molecule has 0 saturated carbocycles. The molecule has 14 heavy (non-hydrogen) atoms. The van der Waals surface area contributed by atoms with Crippen LogP contribution in [0.25, 0.3) is 4.96 Å². The monoisotopic (exact) mass is 207 g/mol. The van der Waals surface area contributed by atoms with Gasteiger partial charge >= 0.3 is 0 Å². The minimum absolute atomic E-state index is 0.109. The van der Waals surface area contributed by atoms with Crippen molar-refractivity contribution < 1.29 is 5.11 Å². The maximum absolute atomic E-state index is 8.86. The molecule has 0 bridgehead atoms. The number of hydrogen-bond donors (Lipinski definition) is 1. The second-order valence-electron chi connectivity index (χ2n) is 3.04. The lowest BCUT2D eigenvalue weighted by atomic mass is 10.1. The highest BCUT2D eigenvalue weighted by Crippen LogP contribution is 2.13. The second-order valence-corrected chi connectivity index (χ2v) is 3.91. The lowest BCUT2D eigenvalue weighted by Crippen LogP contribution is -2.06. The minimum Gasteiger partial charge on any atom is -0.395 e. The van der Waals surface area contributed by atoms with Gasteiger partial charge in [0.1, 0.15) is 0 Å². The Morgan fingerprint density at radius 2 is 2.57 bits per heavy atom. The van der Waals surface area contributed by atoms with Gasteiger partial charge in [0, 0.05) is 24.2 Å². The van der Waals surface area contributed by atoms with Crippen LogP contribution < -0.4 is 0 Å². The summed E-state index contributed by atoms with van der Waals surface area (Å²) in [5.41, 5.74) is 0.859. The first-order chi connectivity index (χ1) is 6.83. The summed E-state index contributed by atoms with van der Waals surface area (Å²) in [5.74, 6) is -0.348. The number of aliphatic hydroxyl groups excluding tert-OH is 1. The van der Waals surface area contributed by atoms with Crippen molar-refractivity contribution in [2.24, 2.45) is 5.92 Å². The van der Waals surface area contributed by atoms with E-state index in [1.165, 1.54) is 0 Å². The average Bonchev–Trinajstić information content (AvgIpc) is 2.73. The molecule has 0 spiro atoms. The van der Waals surface area contributed by atoms with Crippen molar-refractivity contribution in [2.45, 2.75) is 6.42 Å². The summed E-state index contributed by atoms with van der Waals surface area (Å²) in [5, 5.41) is 19.5. The molecule has 0 fully saturated rings. The summed E-state index contributed by atoms with van der Waals surface area (Å²) in [6.07, 6.45) is 4.34. The smallest absolute Gasteiger partial charge is 0.193 e. The number of rotatable bonds is 3. The van der Waals surface area contributed by atoms with Crippen molar-refractivity contribution in [3.8, 4) is 6.07 Å². The zero-order valence-electron chi connectivity index (χ0n) is 7.42. The zero-order valence-corrected chi connectivity index (χ0v) is 8.24. The highest BCUT2D eigenvalue weighted by molar-refractivity contribution is 7.15. The Bertz CT molecular complexity index is 439. The van der Waals surface area contributed by atoms with Gasteiger partial charge in [0.15, 0.2) is 4.96 Å². The van der Waals surface area contributed by atoms with Gasteiger partial charge in [-0.25, -0.2) is 4.98 Å². The van der Waals surface area contributed by atoms with Gasteiger partial charge in [-0.15, -0.1) is 11.3 Å². The number of thiazole rings is 1. The van der Waals surface area contributed by atoms with Gasteiger partial charge in [0.05, 0.1) is 24.3 Å². The summed E-state index contributed by atoms with van der Waals surface area (Å²) in [6, 6.07) is 2.04. The minimum atomic E-state index is -0.348. The van der Waals surface area contributed by atoms with Gasteiger partial charge in [-0.05, 0) is 0 Å². The molecule has 2 rings (SSSR count). The Hall–Kier alpha value is -1.38. The number of imidazole rings is 1. The first-order valence-electron chi connectivity index (χ1n) is 4.25. The summed E-state index contributed by atoms with van der Waals surface area (Å²) >= 11 is 1.56. The van der Waals surface area contributed by atoms with Gasteiger partial charge in [-0.2, -0.15) is 5.26 Å². The summed E-state index contributed by atoms with van der Waals surface area (Å²) in [7, 11) is 0. The molecule has 0 radical (unpaired) electrons. The fourth-order valence-electron chi connectivity index (χ4n) is 1.28. The van der Waals surface area contributed by atoms with E-state index in [9.17, 15) is 0 Å². The molecule has 1 N–H and O–H groups in total. The fraction of sp³-hybridized carbons (Fsp3) is 0.333. The SMILES string of the molecule is N#CC(CO)Cc1cn2ccsc2n1. The van der Waals surface area contributed by atoms with Crippen molar-refractivity contribution in [1.82, 2.24) is 9.38 Å². The molecule has 5 heteroatoms. The molecule has 4 nitrogen and oxygen atoms in total. The number of nitriles is 1. The molecular weight excluding hydrogens is 198 g/mol. The molecule has 0 aromatic carbocycles. The molecule has 72 valence electrons. The van der Waals surface area contributed by atoms with E-state index >= 15 is 0 Å². The molecular formula is C9H9N3OS. The van der Waals surface area contributed by atoms with Gasteiger partial charge in [-0.3, -0.25) is 4.40 Å². The van der Waals surface area contributed by atoms with E-state index in [1.54, 1.807) is 11.3 Å². The first kappa shape index (κ1) is 9.19. The van der Waals surface area contributed by atoms with E-state index in [0.717, 1.165) is 10.7 Å². The third kappa shape index (κ3) is 1.62. The molecule has 0 amide bonds. The van der Waals surface area contributed by atoms with Crippen LogP contribution in [-0.2, 0) is 6.42 Å². The first-order valence-corrected chi connectivity index (χ1v) is 5.13. The van der Waals surface area contributed by atoms with Crippen LogP contribution in [0.2, 0.25) is 0 Å². The van der Waals surface area contributed by atoms with Gasteiger partial charge in [-0.1, -0.05) is 0 Å². The number of aromatic nitrogens is 2. The largest absolute Gasteiger partial charge is 0.395 e. The summed E-state index contributed by atoms with van der Waals surface area (Å²) < 4.78 is 1.92. The van der Waals surface area contributed by atoms with Crippen molar-refractivity contribution >= 4 is 16.3 Å². The Morgan fingerprint density at radius 1 is 1.71 bits per heavy atom. The Balaban J connectivity index is 2.20. The molecule has 0 aliphatic heterocycles. The van der Waals surface area contributed by atoms with Crippen molar-refractivity contribution in [2.75, 3.05) is 6.61 Å². The molecule has 0 saturated heterocycles. The zero-order chi connectivity index (χ0) is 9.97. The fourth-order valence-corrected chi connectivity index (χ4v) is 2.00. The predicted octanol–water partition coefficient (Wildman–Crippen LogP) is 1.07. The van der Waals surface area contributed by atoms with Crippen molar-refractivity contribution in [1.29, 1.82) is 5.26 Å². The molecule has 2 aromatic heterocycles. The highest BCUT2D eigenvalue weighted by Gasteiger charge is 2.10. The van der Waals surface area contributed by atoms with Crippen LogP contribution in [-0.4, -0.2) is 21.1 Å². The van der Waals surface area contributed by atoms with E-state index < -0.39 is 0 Å². The Kier molecular flexibility index (Phi) is 2.48.